The first-order valence-corrected chi connectivity index (χ1v) is 6.54. The zero-order chi connectivity index (χ0) is 14.0. The molecule has 1 heterocycles. The van der Waals surface area contributed by atoms with Crippen LogP contribution in [0.25, 0.3) is 10.4 Å². The molecule has 0 aliphatic heterocycles. The molecular formula is C13H13FN2O2S. The molecule has 2 aromatic rings. The average molecular weight is 280 g/mol. The van der Waals surface area contributed by atoms with Gasteiger partial charge in [0.1, 0.15) is 5.82 Å². The maximum atomic E-state index is 13.5. The number of carbonyl (C=O) groups excluding carboxylic acids is 1. The van der Waals surface area contributed by atoms with Gasteiger partial charge in [-0.15, -0.1) is 11.3 Å². The van der Waals surface area contributed by atoms with E-state index in [1.807, 2.05) is 0 Å². The Labute approximate surface area is 114 Å². The summed E-state index contributed by atoms with van der Waals surface area (Å²) >= 11 is 1.32. The summed E-state index contributed by atoms with van der Waals surface area (Å²) in [6.07, 6.45) is 0. The number of aromatic nitrogens is 1. The molecule has 0 spiro atoms. The second kappa shape index (κ2) is 5.36. The third kappa shape index (κ3) is 2.73. The molecule has 1 aromatic heterocycles. The summed E-state index contributed by atoms with van der Waals surface area (Å²) in [5.74, 6) is -1.02. The number of anilines is 1. The van der Waals surface area contributed by atoms with Gasteiger partial charge in [0.2, 0.25) is 0 Å². The lowest BCUT2D eigenvalue weighted by molar-refractivity contribution is 0.0521. The Bertz CT molecular complexity index is 625. The molecule has 2 rings (SSSR count). The SMILES string of the molecule is CCOC(=O)c1nc(C)sc1-c1ccc(N)c(F)c1. The van der Waals surface area contributed by atoms with Crippen LogP contribution in [0.5, 0.6) is 0 Å². The molecule has 0 radical (unpaired) electrons. The second-order valence-electron chi connectivity index (χ2n) is 3.87. The highest BCUT2D eigenvalue weighted by atomic mass is 32.1. The van der Waals surface area contributed by atoms with Crippen molar-refractivity contribution in [2.45, 2.75) is 13.8 Å². The van der Waals surface area contributed by atoms with E-state index in [9.17, 15) is 9.18 Å². The average Bonchev–Trinajstić information content (AvgIpc) is 2.75. The first kappa shape index (κ1) is 13.5. The van der Waals surface area contributed by atoms with Crippen LogP contribution in [0, 0.1) is 12.7 Å². The van der Waals surface area contributed by atoms with Gasteiger partial charge in [0.15, 0.2) is 5.69 Å². The van der Waals surface area contributed by atoms with E-state index in [4.69, 9.17) is 10.5 Å². The van der Waals surface area contributed by atoms with Crippen molar-refractivity contribution in [1.29, 1.82) is 0 Å². The van der Waals surface area contributed by atoms with Gasteiger partial charge in [-0.25, -0.2) is 14.2 Å². The van der Waals surface area contributed by atoms with E-state index in [0.29, 0.717) is 10.4 Å². The van der Waals surface area contributed by atoms with Crippen LogP contribution in [0.15, 0.2) is 18.2 Å². The van der Waals surface area contributed by atoms with Crippen LogP contribution in [-0.2, 0) is 4.74 Å². The van der Waals surface area contributed by atoms with Crippen molar-refractivity contribution in [2.75, 3.05) is 12.3 Å². The summed E-state index contributed by atoms with van der Waals surface area (Å²) in [7, 11) is 0. The van der Waals surface area contributed by atoms with Gasteiger partial charge in [0, 0.05) is 0 Å². The summed E-state index contributed by atoms with van der Waals surface area (Å²) in [4.78, 5) is 16.5. The minimum Gasteiger partial charge on any atom is -0.461 e. The maximum absolute atomic E-state index is 13.5. The standard InChI is InChI=1S/C13H13FN2O2S/c1-3-18-13(17)11-12(19-7(2)16-11)8-4-5-10(15)9(14)6-8/h4-6H,3,15H2,1-2H3. The Morgan fingerprint density at radius 1 is 1.53 bits per heavy atom. The van der Waals surface area contributed by atoms with Crippen LogP contribution in [0.2, 0.25) is 0 Å². The number of esters is 1. The lowest BCUT2D eigenvalue weighted by Gasteiger charge is -2.04. The molecule has 0 amide bonds. The Morgan fingerprint density at radius 2 is 2.26 bits per heavy atom. The Kier molecular flexibility index (Phi) is 3.80. The Hall–Kier alpha value is -1.95. The van der Waals surface area contributed by atoms with Crippen molar-refractivity contribution in [3.8, 4) is 10.4 Å². The number of aryl methyl sites for hydroxylation is 1. The number of nitrogens with two attached hydrogens (primary N) is 1. The maximum Gasteiger partial charge on any atom is 0.358 e. The van der Waals surface area contributed by atoms with E-state index >= 15 is 0 Å². The van der Waals surface area contributed by atoms with Crippen LogP contribution in [0.4, 0.5) is 10.1 Å². The fraction of sp³-hybridized carbons (Fsp3) is 0.231. The molecule has 0 aliphatic carbocycles. The number of carbonyl (C=O) groups is 1. The normalized spacial score (nSPS) is 10.5. The molecule has 0 aliphatic rings. The van der Waals surface area contributed by atoms with E-state index in [-0.39, 0.29) is 18.0 Å². The molecule has 1 aromatic carbocycles. The smallest absolute Gasteiger partial charge is 0.358 e. The molecular weight excluding hydrogens is 267 g/mol. The van der Waals surface area contributed by atoms with Crippen molar-refractivity contribution in [1.82, 2.24) is 4.98 Å². The number of hydrogen-bond donors (Lipinski definition) is 1. The first-order valence-electron chi connectivity index (χ1n) is 5.73. The van der Waals surface area contributed by atoms with Gasteiger partial charge >= 0.3 is 5.97 Å². The zero-order valence-electron chi connectivity index (χ0n) is 10.6. The van der Waals surface area contributed by atoms with Gasteiger partial charge in [-0.05, 0) is 31.5 Å². The topological polar surface area (TPSA) is 65.2 Å². The lowest BCUT2D eigenvalue weighted by Crippen LogP contribution is -2.06. The molecule has 0 atom stereocenters. The van der Waals surface area contributed by atoms with Crippen LogP contribution >= 0.6 is 11.3 Å². The molecule has 19 heavy (non-hydrogen) atoms. The number of ether oxygens (including phenoxy) is 1. The van der Waals surface area contributed by atoms with Gasteiger partial charge in [-0.1, -0.05) is 6.07 Å². The fourth-order valence-electron chi connectivity index (χ4n) is 1.63. The van der Waals surface area contributed by atoms with Crippen LogP contribution in [0.3, 0.4) is 0 Å². The Balaban J connectivity index is 2.49. The summed E-state index contributed by atoms with van der Waals surface area (Å²) < 4.78 is 18.4. The molecule has 0 bridgehead atoms. The number of thiazole rings is 1. The summed E-state index contributed by atoms with van der Waals surface area (Å²) in [5, 5.41) is 0.718. The van der Waals surface area contributed by atoms with Gasteiger partial charge in [0.05, 0.1) is 22.2 Å². The molecule has 6 heteroatoms. The van der Waals surface area contributed by atoms with E-state index in [1.54, 1.807) is 19.9 Å². The molecule has 2 N–H and O–H groups in total. The molecule has 100 valence electrons. The minimum absolute atomic E-state index is 0.0719. The molecule has 0 saturated heterocycles. The molecule has 0 unspecified atom stereocenters. The fourth-order valence-corrected chi connectivity index (χ4v) is 2.53. The van der Waals surface area contributed by atoms with Crippen molar-refractivity contribution < 1.29 is 13.9 Å². The Morgan fingerprint density at radius 3 is 2.89 bits per heavy atom. The predicted molar refractivity (Wildman–Crippen MR) is 72.6 cm³/mol. The molecule has 4 nitrogen and oxygen atoms in total. The number of benzene rings is 1. The highest BCUT2D eigenvalue weighted by molar-refractivity contribution is 7.15. The van der Waals surface area contributed by atoms with Gasteiger partial charge < -0.3 is 10.5 Å². The van der Waals surface area contributed by atoms with Gasteiger partial charge in [-0.2, -0.15) is 0 Å². The quantitative estimate of drug-likeness (QED) is 0.693. The third-order valence-electron chi connectivity index (χ3n) is 2.47. The van der Waals surface area contributed by atoms with Gasteiger partial charge in [-0.3, -0.25) is 0 Å². The van der Waals surface area contributed by atoms with E-state index in [1.165, 1.54) is 23.5 Å². The van der Waals surface area contributed by atoms with E-state index < -0.39 is 11.8 Å². The minimum atomic E-state index is -0.515. The zero-order valence-corrected chi connectivity index (χ0v) is 11.4. The highest BCUT2D eigenvalue weighted by Gasteiger charge is 2.19. The van der Waals surface area contributed by atoms with Crippen molar-refractivity contribution in [3.63, 3.8) is 0 Å². The first-order chi connectivity index (χ1) is 9.02. The summed E-state index contributed by atoms with van der Waals surface area (Å²) in [5.41, 5.74) is 6.30. The number of nitrogen functional groups attached to an aromatic ring is 1. The van der Waals surface area contributed by atoms with Crippen LogP contribution < -0.4 is 5.73 Å². The van der Waals surface area contributed by atoms with E-state index in [0.717, 1.165) is 5.01 Å². The third-order valence-corrected chi connectivity index (χ3v) is 3.49. The second-order valence-corrected chi connectivity index (χ2v) is 5.07. The predicted octanol–water partition coefficient (Wildman–Crippen LogP) is 3.02. The number of nitrogens with zero attached hydrogens (tertiary/aromatic N) is 1. The highest BCUT2D eigenvalue weighted by Crippen LogP contribution is 2.32. The number of hydrogen-bond acceptors (Lipinski definition) is 5. The summed E-state index contributed by atoms with van der Waals surface area (Å²) in [6, 6.07) is 4.42. The van der Waals surface area contributed by atoms with Crippen molar-refractivity contribution in [3.05, 3.63) is 34.7 Å². The lowest BCUT2D eigenvalue weighted by atomic mass is 10.1. The van der Waals surface area contributed by atoms with Crippen molar-refractivity contribution in [2.24, 2.45) is 0 Å². The van der Waals surface area contributed by atoms with Crippen LogP contribution in [0.1, 0.15) is 22.4 Å². The largest absolute Gasteiger partial charge is 0.461 e. The van der Waals surface area contributed by atoms with Crippen LogP contribution in [-0.4, -0.2) is 17.6 Å². The molecule has 0 fully saturated rings. The van der Waals surface area contributed by atoms with Gasteiger partial charge in [0.25, 0.3) is 0 Å². The number of rotatable bonds is 3. The van der Waals surface area contributed by atoms with Crippen molar-refractivity contribution >= 4 is 23.0 Å². The molecule has 0 saturated carbocycles. The van der Waals surface area contributed by atoms with E-state index in [2.05, 4.69) is 4.98 Å². The summed E-state index contributed by atoms with van der Waals surface area (Å²) in [6.45, 7) is 3.77. The monoisotopic (exact) mass is 280 g/mol. The number of halogens is 1.